The highest BCUT2D eigenvalue weighted by Crippen LogP contribution is 2.49. The Kier molecular flexibility index (Phi) is 2.71. The second-order valence-corrected chi connectivity index (χ2v) is 7.06. The third-order valence-corrected chi connectivity index (χ3v) is 5.88. The van der Waals surface area contributed by atoms with E-state index in [0.717, 1.165) is 50.2 Å². The van der Waals surface area contributed by atoms with Crippen LogP contribution in [0.2, 0.25) is 0 Å². The maximum absolute atomic E-state index is 12.3. The molecular formula is C15H18O3S. The van der Waals surface area contributed by atoms with E-state index in [1.807, 2.05) is 0 Å². The molecule has 2 aliphatic carbocycles. The third kappa shape index (κ3) is 2.01. The van der Waals surface area contributed by atoms with Gasteiger partial charge in [0.05, 0.1) is 6.61 Å². The van der Waals surface area contributed by atoms with Gasteiger partial charge in [-0.05, 0) is 50.2 Å². The van der Waals surface area contributed by atoms with Gasteiger partial charge >= 0.3 is 5.97 Å². The minimum absolute atomic E-state index is 0.108. The Hall–Kier alpha value is -0.870. The number of fused-ring (bicyclic) bond motifs is 1. The predicted octanol–water partition coefficient (Wildman–Crippen LogP) is 2.96. The molecule has 0 N–H and O–H groups in total. The molecule has 4 rings (SSSR count). The summed E-state index contributed by atoms with van der Waals surface area (Å²) in [6.45, 7) is 1.57. The zero-order valence-electron chi connectivity index (χ0n) is 10.9. The van der Waals surface area contributed by atoms with Gasteiger partial charge in [-0.1, -0.05) is 0 Å². The first-order valence-electron chi connectivity index (χ1n) is 7.19. The van der Waals surface area contributed by atoms with E-state index in [-0.39, 0.29) is 11.6 Å². The predicted molar refractivity (Wildman–Crippen MR) is 72.7 cm³/mol. The Labute approximate surface area is 116 Å². The maximum Gasteiger partial charge on any atom is 0.348 e. The van der Waals surface area contributed by atoms with Crippen molar-refractivity contribution in [3.8, 4) is 0 Å². The highest BCUT2D eigenvalue weighted by atomic mass is 32.1. The quantitative estimate of drug-likeness (QED) is 0.797. The van der Waals surface area contributed by atoms with Crippen LogP contribution < -0.4 is 0 Å². The molecular weight excluding hydrogens is 260 g/mol. The van der Waals surface area contributed by atoms with Crippen molar-refractivity contribution in [3.05, 3.63) is 21.4 Å². The Morgan fingerprint density at radius 2 is 2.32 bits per heavy atom. The molecule has 0 bridgehead atoms. The van der Waals surface area contributed by atoms with Gasteiger partial charge in [-0.3, -0.25) is 0 Å². The average Bonchev–Trinajstić information content (AvgIpc) is 2.86. The van der Waals surface area contributed by atoms with Crippen LogP contribution >= 0.6 is 11.3 Å². The molecule has 1 atom stereocenters. The minimum Gasteiger partial charge on any atom is -0.454 e. The molecule has 1 saturated heterocycles. The molecule has 0 aromatic carbocycles. The van der Waals surface area contributed by atoms with Crippen molar-refractivity contribution in [1.82, 2.24) is 0 Å². The summed E-state index contributed by atoms with van der Waals surface area (Å²) in [5.74, 6) is 0.312. The first-order valence-corrected chi connectivity index (χ1v) is 8.01. The summed E-state index contributed by atoms with van der Waals surface area (Å²) < 4.78 is 11.3. The summed E-state index contributed by atoms with van der Waals surface area (Å²) in [6, 6.07) is 2.05. The van der Waals surface area contributed by atoms with E-state index in [2.05, 4.69) is 6.07 Å². The van der Waals surface area contributed by atoms with Crippen molar-refractivity contribution in [2.24, 2.45) is 5.92 Å². The van der Waals surface area contributed by atoms with E-state index in [1.165, 1.54) is 16.9 Å². The number of carbonyl (C=O) groups excluding carboxylic acids is 1. The fourth-order valence-corrected chi connectivity index (χ4v) is 4.46. The molecule has 4 heteroatoms. The van der Waals surface area contributed by atoms with E-state index in [0.29, 0.717) is 5.92 Å². The Bertz CT molecular complexity index is 488. The summed E-state index contributed by atoms with van der Waals surface area (Å²) in [7, 11) is 0. The number of esters is 1. The lowest BCUT2D eigenvalue weighted by Crippen LogP contribution is -2.29. The van der Waals surface area contributed by atoms with Gasteiger partial charge in [0.1, 0.15) is 10.5 Å². The normalized spacial score (nSPS) is 27.3. The largest absolute Gasteiger partial charge is 0.454 e. The van der Waals surface area contributed by atoms with Crippen molar-refractivity contribution in [2.75, 3.05) is 13.2 Å². The van der Waals surface area contributed by atoms with Crippen molar-refractivity contribution in [2.45, 2.75) is 44.1 Å². The molecule has 3 nitrogen and oxygen atoms in total. The van der Waals surface area contributed by atoms with Gasteiger partial charge in [0.15, 0.2) is 0 Å². The van der Waals surface area contributed by atoms with Crippen LogP contribution in [0.4, 0.5) is 0 Å². The van der Waals surface area contributed by atoms with E-state index in [4.69, 9.17) is 9.47 Å². The maximum atomic E-state index is 12.3. The Morgan fingerprint density at radius 3 is 3.00 bits per heavy atom. The van der Waals surface area contributed by atoms with Crippen LogP contribution in [0, 0.1) is 5.92 Å². The van der Waals surface area contributed by atoms with Gasteiger partial charge in [-0.15, -0.1) is 11.3 Å². The fraction of sp³-hybridized carbons (Fsp3) is 0.667. The zero-order valence-corrected chi connectivity index (χ0v) is 11.8. The standard InChI is InChI=1S/C15H18O3S/c16-14(13-8-10-2-1-3-12(10)19-13)18-15(5-6-15)11-4-7-17-9-11/h8,11H,1-7,9H2. The van der Waals surface area contributed by atoms with Gasteiger partial charge in [0, 0.05) is 17.4 Å². The lowest BCUT2D eigenvalue weighted by molar-refractivity contribution is 0.00135. The van der Waals surface area contributed by atoms with Crippen LogP contribution in [-0.4, -0.2) is 24.8 Å². The molecule has 1 aliphatic heterocycles. The molecule has 0 spiro atoms. The molecule has 1 unspecified atom stereocenters. The van der Waals surface area contributed by atoms with E-state index in [9.17, 15) is 4.79 Å². The van der Waals surface area contributed by atoms with Crippen molar-refractivity contribution >= 4 is 17.3 Å². The van der Waals surface area contributed by atoms with Gasteiger partial charge in [0.25, 0.3) is 0 Å². The Morgan fingerprint density at radius 1 is 1.42 bits per heavy atom. The minimum atomic E-state index is -0.192. The molecule has 3 aliphatic rings. The summed E-state index contributed by atoms with van der Waals surface area (Å²) in [5.41, 5.74) is 1.17. The molecule has 2 fully saturated rings. The molecule has 2 heterocycles. The first kappa shape index (κ1) is 11.9. The summed E-state index contributed by atoms with van der Waals surface area (Å²) in [5, 5.41) is 0. The second kappa shape index (κ2) is 4.32. The number of ether oxygens (including phenoxy) is 2. The lowest BCUT2D eigenvalue weighted by Gasteiger charge is -2.21. The topological polar surface area (TPSA) is 35.5 Å². The average molecular weight is 278 g/mol. The summed E-state index contributed by atoms with van der Waals surface area (Å²) in [6.07, 6.45) is 6.55. The molecule has 19 heavy (non-hydrogen) atoms. The van der Waals surface area contributed by atoms with Crippen LogP contribution in [0.25, 0.3) is 0 Å². The van der Waals surface area contributed by atoms with Crippen LogP contribution in [-0.2, 0) is 22.3 Å². The summed E-state index contributed by atoms with van der Waals surface area (Å²) in [4.78, 5) is 14.5. The smallest absolute Gasteiger partial charge is 0.348 e. The first-order chi connectivity index (χ1) is 9.27. The summed E-state index contributed by atoms with van der Waals surface area (Å²) >= 11 is 1.64. The number of carbonyl (C=O) groups is 1. The van der Waals surface area contributed by atoms with Crippen molar-refractivity contribution in [1.29, 1.82) is 0 Å². The van der Waals surface area contributed by atoms with Gasteiger partial charge in [0.2, 0.25) is 0 Å². The fourth-order valence-electron chi connectivity index (χ4n) is 3.33. The van der Waals surface area contributed by atoms with Crippen LogP contribution in [0.5, 0.6) is 0 Å². The number of aryl methyl sites for hydroxylation is 2. The molecule has 1 aromatic rings. The van der Waals surface area contributed by atoms with E-state index >= 15 is 0 Å². The molecule has 0 radical (unpaired) electrons. The molecule has 0 amide bonds. The number of thiophene rings is 1. The van der Waals surface area contributed by atoms with E-state index < -0.39 is 0 Å². The van der Waals surface area contributed by atoms with Gasteiger partial charge < -0.3 is 9.47 Å². The van der Waals surface area contributed by atoms with Gasteiger partial charge in [-0.25, -0.2) is 4.79 Å². The Balaban J connectivity index is 1.48. The number of hydrogen-bond acceptors (Lipinski definition) is 4. The number of hydrogen-bond donors (Lipinski definition) is 0. The van der Waals surface area contributed by atoms with Gasteiger partial charge in [-0.2, -0.15) is 0 Å². The van der Waals surface area contributed by atoms with Crippen LogP contribution in [0.15, 0.2) is 6.07 Å². The van der Waals surface area contributed by atoms with Crippen molar-refractivity contribution < 1.29 is 14.3 Å². The monoisotopic (exact) mass is 278 g/mol. The SMILES string of the molecule is O=C(OC1(C2CCOC2)CC1)c1cc2c(s1)CCC2. The molecule has 102 valence electrons. The van der Waals surface area contributed by atoms with Crippen LogP contribution in [0.3, 0.4) is 0 Å². The van der Waals surface area contributed by atoms with Crippen molar-refractivity contribution in [3.63, 3.8) is 0 Å². The highest BCUT2D eigenvalue weighted by molar-refractivity contribution is 7.14. The molecule has 1 aromatic heterocycles. The number of rotatable bonds is 3. The molecule has 1 saturated carbocycles. The van der Waals surface area contributed by atoms with E-state index in [1.54, 1.807) is 11.3 Å². The lowest BCUT2D eigenvalue weighted by atomic mass is 9.99. The zero-order chi connectivity index (χ0) is 12.9. The van der Waals surface area contributed by atoms with Crippen LogP contribution in [0.1, 0.15) is 45.8 Å². The highest BCUT2D eigenvalue weighted by Gasteiger charge is 2.54. The third-order valence-electron chi connectivity index (χ3n) is 4.66. The second-order valence-electron chi connectivity index (χ2n) is 5.93.